The number of hydrogen-bond acceptors (Lipinski definition) is 4. The zero-order chi connectivity index (χ0) is 18.1. The number of carbonyl (C=O) groups is 1. The van der Waals surface area contributed by atoms with Gasteiger partial charge in [-0.15, -0.1) is 0 Å². The first kappa shape index (κ1) is 19.6. The lowest BCUT2D eigenvalue weighted by Crippen LogP contribution is -2.37. The first-order chi connectivity index (χ1) is 12.1. The van der Waals surface area contributed by atoms with E-state index < -0.39 is 0 Å². The number of unbranched alkanes of at least 4 members (excludes halogenated alkanes) is 1. The Hall–Kier alpha value is -1.75. The van der Waals surface area contributed by atoms with Crippen molar-refractivity contribution in [3.05, 3.63) is 24.3 Å². The molecule has 1 aromatic rings. The maximum absolute atomic E-state index is 12.4. The number of carbonyl (C=O) groups excluding carboxylic acids is 1. The van der Waals surface area contributed by atoms with Crippen LogP contribution in [-0.2, 0) is 4.74 Å². The Morgan fingerprint density at radius 2 is 2.00 bits per heavy atom. The van der Waals surface area contributed by atoms with Crippen molar-refractivity contribution in [1.29, 1.82) is 0 Å². The fourth-order valence-corrected chi connectivity index (χ4v) is 3.31. The largest absolute Gasteiger partial charge is 0.491 e. The summed E-state index contributed by atoms with van der Waals surface area (Å²) < 4.78 is 11.5. The summed E-state index contributed by atoms with van der Waals surface area (Å²) in [4.78, 5) is 14.6. The molecule has 25 heavy (non-hydrogen) atoms. The second-order valence-corrected chi connectivity index (χ2v) is 7.07. The number of nitrogens with one attached hydrogen (secondary N) is 1. The van der Waals surface area contributed by atoms with Crippen LogP contribution in [0, 0.1) is 5.92 Å². The number of benzene rings is 1. The number of para-hydroxylation sites is 2. The molecule has 1 fully saturated rings. The maximum atomic E-state index is 12.4. The van der Waals surface area contributed by atoms with Crippen LogP contribution in [0.1, 0.15) is 45.4 Å². The van der Waals surface area contributed by atoms with Gasteiger partial charge >= 0.3 is 6.09 Å². The summed E-state index contributed by atoms with van der Waals surface area (Å²) in [6.45, 7) is 3.73. The van der Waals surface area contributed by atoms with E-state index in [1.54, 1.807) is 0 Å². The Balaban J connectivity index is 1.92. The van der Waals surface area contributed by atoms with E-state index in [0.717, 1.165) is 38.6 Å². The molecule has 1 saturated carbocycles. The van der Waals surface area contributed by atoms with Gasteiger partial charge in [0.15, 0.2) is 0 Å². The summed E-state index contributed by atoms with van der Waals surface area (Å²) in [5, 5.41) is 2.86. The molecule has 0 saturated heterocycles. The topological polar surface area (TPSA) is 50.8 Å². The van der Waals surface area contributed by atoms with Crippen LogP contribution in [-0.4, -0.2) is 44.3 Å². The zero-order valence-corrected chi connectivity index (χ0v) is 15.8. The summed E-state index contributed by atoms with van der Waals surface area (Å²) in [5.41, 5.74) is 0.670. The van der Waals surface area contributed by atoms with E-state index in [4.69, 9.17) is 9.47 Å². The van der Waals surface area contributed by atoms with Crippen molar-refractivity contribution < 1.29 is 14.3 Å². The van der Waals surface area contributed by atoms with Gasteiger partial charge in [-0.2, -0.15) is 0 Å². The van der Waals surface area contributed by atoms with Gasteiger partial charge in [0.2, 0.25) is 0 Å². The number of amides is 1. The molecule has 0 aromatic heterocycles. The average molecular weight is 348 g/mol. The summed E-state index contributed by atoms with van der Waals surface area (Å²) in [6, 6.07) is 7.52. The zero-order valence-electron chi connectivity index (χ0n) is 15.8. The van der Waals surface area contributed by atoms with Gasteiger partial charge in [-0.1, -0.05) is 31.9 Å². The van der Waals surface area contributed by atoms with Gasteiger partial charge < -0.3 is 14.4 Å². The van der Waals surface area contributed by atoms with Crippen molar-refractivity contribution in [1.82, 2.24) is 4.90 Å². The first-order valence-corrected chi connectivity index (χ1v) is 9.44. The summed E-state index contributed by atoms with van der Waals surface area (Å²) in [6.07, 6.45) is 6.08. The van der Waals surface area contributed by atoms with E-state index in [1.807, 2.05) is 24.3 Å². The van der Waals surface area contributed by atoms with Crippen molar-refractivity contribution in [2.24, 2.45) is 5.92 Å². The van der Waals surface area contributed by atoms with Crippen LogP contribution in [0.25, 0.3) is 0 Å². The quantitative estimate of drug-likeness (QED) is 0.701. The minimum atomic E-state index is -0.387. The fraction of sp³-hybridized carbons (Fsp3) is 0.650. The van der Waals surface area contributed by atoms with Crippen molar-refractivity contribution in [3.63, 3.8) is 0 Å². The minimum Gasteiger partial charge on any atom is -0.491 e. The number of rotatable bonds is 8. The van der Waals surface area contributed by atoms with Crippen molar-refractivity contribution >= 4 is 11.8 Å². The SMILES string of the molecule is CCCCOc1ccccc1NC(=O)O[C@@H]1CCCC[C@@H]1CN(C)C. The molecule has 5 nitrogen and oxygen atoms in total. The average Bonchev–Trinajstić information content (AvgIpc) is 2.58. The number of hydrogen-bond donors (Lipinski definition) is 1. The van der Waals surface area contributed by atoms with Gasteiger partial charge in [0.25, 0.3) is 0 Å². The van der Waals surface area contributed by atoms with Gasteiger partial charge in [-0.3, -0.25) is 5.32 Å². The Morgan fingerprint density at radius 1 is 1.24 bits per heavy atom. The highest BCUT2D eigenvalue weighted by molar-refractivity contribution is 5.86. The van der Waals surface area contributed by atoms with Crippen LogP contribution >= 0.6 is 0 Å². The predicted molar refractivity (Wildman–Crippen MR) is 101 cm³/mol. The second-order valence-electron chi connectivity index (χ2n) is 7.07. The summed E-state index contributed by atoms with van der Waals surface area (Å²) in [7, 11) is 4.13. The van der Waals surface area contributed by atoms with Gasteiger partial charge in [0.05, 0.1) is 12.3 Å². The molecule has 0 unspecified atom stereocenters. The Kier molecular flexibility index (Phi) is 8.06. The number of anilines is 1. The van der Waals surface area contributed by atoms with E-state index in [-0.39, 0.29) is 12.2 Å². The van der Waals surface area contributed by atoms with E-state index in [9.17, 15) is 4.79 Å². The highest BCUT2D eigenvalue weighted by Crippen LogP contribution is 2.29. The van der Waals surface area contributed by atoms with E-state index in [2.05, 4.69) is 31.2 Å². The molecule has 0 radical (unpaired) electrons. The van der Waals surface area contributed by atoms with Gasteiger partial charge in [0, 0.05) is 12.5 Å². The molecule has 0 bridgehead atoms. The van der Waals surface area contributed by atoms with Crippen molar-refractivity contribution in [2.75, 3.05) is 32.6 Å². The van der Waals surface area contributed by atoms with Crippen molar-refractivity contribution in [3.8, 4) is 5.75 Å². The smallest absolute Gasteiger partial charge is 0.412 e. The third-order valence-corrected chi connectivity index (χ3v) is 4.58. The van der Waals surface area contributed by atoms with E-state index in [0.29, 0.717) is 24.0 Å². The van der Waals surface area contributed by atoms with Crippen LogP contribution in [0.5, 0.6) is 5.75 Å². The summed E-state index contributed by atoms with van der Waals surface area (Å²) >= 11 is 0. The highest BCUT2D eigenvalue weighted by Gasteiger charge is 2.28. The molecule has 1 aliphatic rings. The minimum absolute atomic E-state index is 0.00989. The third kappa shape index (κ3) is 6.58. The molecule has 0 spiro atoms. The van der Waals surface area contributed by atoms with Crippen LogP contribution in [0.2, 0.25) is 0 Å². The molecule has 2 atom stereocenters. The van der Waals surface area contributed by atoms with Gasteiger partial charge in [-0.25, -0.2) is 4.79 Å². The van der Waals surface area contributed by atoms with Crippen LogP contribution in [0.15, 0.2) is 24.3 Å². The lowest BCUT2D eigenvalue weighted by atomic mass is 9.86. The van der Waals surface area contributed by atoms with Crippen LogP contribution in [0.3, 0.4) is 0 Å². The first-order valence-electron chi connectivity index (χ1n) is 9.44. The predicted octanol–water partition coefficient (Wildman–Crippen LogP) is 4.53. The normalized spacial score (nSPS) is 20.3. The molecule has 0 heterocycles. The van der Waals surface area contributed by atoms with Gasteiger partial charge in [-0.05, 0) is 51.9 Å². The Labute approximate surface area is 151 Å². The Bertz CT molecular complexity index is 533. The lowest BCUT2D eigenvalue weighted by Gasteiger charge is -2.32. The number of nitrogens with zero attached hydrogens (tertiary/aromatic N) is 1. The molecule has 2 rings (SSSR count). The lowest BCUT2D eigenvalue weighted by molar-refractivity contribution is 0.0357. The van der Waals surface area contributed by atoms with Crippen molar-refractivity contribution in [2.45, 2.75) is 51.6 Å². The summed E-state index contributed by atoms with van der Waals surface area (Å²) in [5.74, 6) is 1.10. The molecule has 1 aromatic carbocycles. The Morgan fingerprint density at radius 3 is 2.76 bits per heavy atom. The van der Waals surface area contributed by atoms with E-state index >= 15 is 0 Å². The molecular weight excluding hydrogens is 316 g/mol. The molecule has 1 N–H and O–H groups in total. The maximum Gasteiger partial charge on any atom is 0.412 e. The van der Waals surface area contributed by atoms with Gasteiger partial charge in [0.1, 0.15) is 11.9 Å². The molecular formula is C20H32N2O3. The molecule has 0 aliphatic heterocycles. The number of ether oxygens (including phenoxy) is 2. The van der Waals surface area contributed by atoms with E-state index in [1.165, 1.54) is 6.42 Å². The standard InChI is InChI=1S/C20H32N2O3/c1-4-5-14-24-19-13-9-7-11-17(19)21-20(23)25-18-12-8-6-10-16(18)15-22(2)3/h7,9,11,13,16,18H,4-6,8,10,12,14-15H2,1-3H3,(H,21,23)/t16-,18-/m1/s1. The molecule has 1 aliphatic carbocycles. The molecule has 5 heteroatoms. The fourth-order valence-electron chi connectivity index (χ4n) is 3.31. The monoisotopic (exact) mass is 348 g/mol. The van der Waals surface area contributed by atoms with Crippen LogP contribution < -0.4 is 10.1 Å². The highest BCUT2D eigenvalue weighted by atomic mass is 16.6. The van der Waals surface area contributed by atoms with Crippen LogP contribution in [0.4, 0.5) is 10.5 Å². The second kappa shape index (κ2) is 10.3. The molecule has 140 valence electrons. The molecule has 1 amide bonds. The third-order valence-electron chi connectivity index (χ3n) is 4.58.